The van der Waals surface area contributed by atoms with Gasteiger partial charge in [-0.05, 0) is 37.0 Å². The summed E-state index contributed by atoms with van der Waals surface area (Å²) in [5.41, 5.74) is 4.73. The number of fused-ring (bicyclic) bond motifs is 1. The monoisotopic (exact) mass is 402 g/mol. The minimum Gasteiger partial charge on any atom is -0.373 e. The number of aryl methyl sites for hydroxylation is 1. The molecule has 30 heavy (non-hydrogen) atoms. The second-order valence-corrected chi connectivity index (χ2v) is 7.90. The summed E-state index contributed by atoms with van der Waals surface area (Å²) < 4.78 is 6.15. The van der Waals surface area contributed by atoms with Crippen molar-refractivity contribution in [3.05, 3.63) is 77.5 Å². The van der Waals surface area contributed by atoms with Crippen LogP contribution in [-0.2, 0) is 11.3 Å². The molecule has 2 aromatic carbocycles. The van der Waals surface area contributed by atoms with Crippen LogP contribution in [0.3, 0.4) is 0 Å². The van der Waals surface area contributed by atoms with Gasteiger partial charge < -0.3 is 15.4 Å². The van der Waals surface area contributed by atoms with Gasteiger partial charge in [-0.2, -0.15) is 0 Å². The molecule has 5 nitrogen and oxygen atoms in total. The van der Waals surface area contributed by atoms with Crippen LogP contribution in [0.25, 0.3) is 10.9 Å². The minimum atomic E-state index is 0.132. The van der Waals surface area contributed by atoms with Gasteiger partial charge in [0, 0.05) is 44.2 Å². The van der Waals surface area contributed by atoms with Gasteiger partial charge in [-0.15, -0.1) is 0 Å². The highest BCUT2D eigenvalue weighted by atomic mass is 16.5. The van der Waals surface area contributed by atoms with Crippen molar-refractivity contribution in [2.24, 2.45) is 10.9 Å². The molecule has 156 valence electrons. The fourth-order valence-corrected chi connectivity index (χ4v) is 4.11. The molecule has 5 heteroatoms. The third-order valence-electron chi connectivity index (χ3n) is 5.77. The van der Waals surface area contributed by atoms with E-state index in [4.69, 9.17) is 4.74 Å². The van der Waals surface area contributed by atoms with E-state index >= 15 is 0 Å². The van der Waals surface area contributed by atoms with Crippen LogP contribution in [0.5, 0.6) is 0 Å². The Balaban J connectivity index is 1.38. The number of para-hydroxylation sites is 1. The minimum absolute atomic E-state index is 0.132. The Labute approximate surface area is 178 Å². The van der Waals surface area contributed by atoms with Crippen molar-refractivity contribution in [1.29, 1.82) is 0 Å². The lowest BCUT2D eigenvalue weighted by atomic mass is 9.89. The van der Waals surface area contributed by atoms with E-state index in [1.807, 2.05) is 19.3 Å². The van der Waals surface area contributed by atoms with Crippen molar-refractivity contribution >= 4 is 16.9 Å². The molecule has 1 aromatic heterocycles. The third kappa shape index (κ3) is 4.79. The molecule has 0 saturated carbocycles. The second kappa shape index (κ2) is 9.72. The Morgan fingerprint density at radius 2 is 1.93 bits per heavy atom. The maximum Gasteiger partial charge on any atom is 0.191 e. The highest BCUT2D eigenvalue weighted by Crippen LogP contribution is 2.33. The van der Waals surface area contributed by atoms with Gasteiger partial charge in [0.1, 0.15) is 0 Å². The van der Waals surface area contributed by atoms with Gasteiger partial charge in [0.2, 0.25) is 0 Å². The van der Waals surface area contributed by atoms with E-state index < -0.39 is 0 Å². The number of aromatic nitrogens is 1. The van der Waals surface area contributed by atoms with Crippen molar-refractivity contribution in [2.75, 3.05) is 20.2 Å². The largest absolute Gasteiger partial charge is 0.373 e. The molecular formula is C25H30N4O. The molecule has 1 saturated heterocycles. The first-order valence-corrected chi connectivity index (χ1v) is 10.7. The number of hydrogen-bond acceptors (Lipinski definition) is 3. The Kier molecular flexibility index (Phi) is 6.60. The topological polar surface area (TPSA) is 58.5 Å². The van der Waals surface area contributed by atoms with Crippen molar-refractivity contribution < 1.29 is 4.74 Å². The fraction of sp³-hybridized carbons (Fsp3) is 0.360. The summed E-state index contributed by atoms with van der Waals surface area (Å²) in [6, 6.07) is 19.0. The molecular weight excluding hydrogens is 372 g/mol. The molecule has 2 atom stereocenters. The standard InChI is InChI=1S/C25H30N4O/c1-18-10-12-20(13-11-18)24-22(9-5-15-30-24)17-29-25(26-2)28-16-21-7-3-6-19-8-4-14-27-23(19)21/h3-4,6-8,10-14,22,24H,5,9,15-17H2,1-2H3,(H2,26,28,29). The van der Waals surface area contributed by atoms with Gasteiger partial charge in [-0.3, -0.25) is 9.98 Å². The molecule has 0 radical (unpaired) electrons. The summed E-state index contributed by atoms with van der Waals surface area (Å²) in [7, 11) is 1.81. The Hall–Kier alpha value is -2.92. The summed E-state index contributed by atoms with van der Waals surface area (Å²) in [6.45, 7) is 4.45. The Morgan fingerprint density at radius 1 is 1.10 bits per heavy atom. The van der Waals surface area contributed by atoms with Crippen molar-refractivity contribution in [3.8, 4) is 0 Å². The number of nitrogens with zero attached hydrogens (tertiary/aromatic N) is 2. The third-order valence-corrected chi connectivity index (χ3v) is 5.77. The number of aliphatic imine (C=N–C) groups is 1. The molecule has 2 N–H and O–H groups in total. The summed E-state index contributed by atoms with van der Waals surface area (Å²) in [5, 5.41) is 8.10. The maximum absolute atomic E-state index is 6.15. The van der Waals surface area contributed by atoms with Crippen LogP contribution < -0.4 is 10.6 Å². The average molecular weight is 403 g/mol. The SMILES string of the molecule is CN=C(NCc1cccc2cccnc12)NCC1CCCOC1c1ccc(C)cc1. The number of nitrogens with one attached hydrogen (secondary N) is 2. The van der Waals surface area contributed by atoms with Crippen molar-refractivity contribution in [2.45, 2.75) is 32.4 Å². The van der Waals surface area contributed by atoms with Crippen LogP contribution in [0, 0.1) is 12.8 Å². The number of ether oxygens (including phenoxy) is 1. The summed E-state index contributed by atoms with van der Waals surface area (Å²) in [6.07, 6.45) is 4.22. The fourth-order valence-electron chi connectivity index (χ4n) is 4.11. The van der Waals surface area contributed by atoms with Crippen molar-refractivity contribution in [1.82, 2.24) is 15.6 Å². The average Bonchev–Trinajstić information content (AvgIpc) is 2.80. The van der Waals surface area contributed by atoms with Crippen LogP contribution in [-0.4, -0.2) is 31.1 Å². The molecule has 0 aliphatic carbocycles. The van der Waals surface area contributed by atoms with E-state index in [1.54, 1.807) is 0 Å². The van der Waals surface area contributed by atoms with E-state index in [9.17, 15) is 0 Å². The van der Waals surface area contributed by atoms with E-state index in [0.717, 1.165) is 48.4 Å². The lowest BCUT2D eigenvalue weighted by Crippen LogP contribution is -2.41. The van der Waals surface area contributed by atoms with E-state index in [1.165, 1.54) is 11.1 Å². The van der Waals surface area contributed by atoms with E-state index in [-0.39, 0.29) is 6.10 Å². The van der Waals surface area contributed by atoms with Crippen LogP contribution in [0.2, 0.25) is 0 Å². The number of hydrogen-bond donors (Lipinski definition) is 2. The van der Waals surface area contributed by atoms with Crippen molar-refractivity contribution in [3.63, 3.8) is 0 Å². The van der Waals surface area contributed by atoms with E-state index in [0.29, 0.717) is 12.5 Å². The molecule has 0 spiro atoms. The van der Waals surface area contributed by atoms with Gasteiger partial charge >= 0.3 is 0 Å². The quantitative estimate of drug-likeness (QED) is 0.491. The zero-order chi connectivity index (χ0) is 20.8. The first-order chi connectivity index (χ1) is 14.7. The number of pyridine rings is 1. The highest BCUT2D eigenvalue weighted by Gasteiger charge is 2.27. The lowest BCUT2D eigenvalue weighted by Gasteiger charge is -2.32. The molecule has 3 aromatic rings. The van der Waals surface area contributed by atoms with Gasteiger partial charge in [0.15, 0.2) is 5.96 Å². The van der Waals surface area contributed by atoms with Gasteiger partial charge in [-0.25, -0.2) is 0 Å². The zero-order valence-corrected chi connectivity index (χ0v) is 17.8. The number of guanidine groups is 1. The molecule has 1 aliphatic rings. The highest BCUT2D eigenvalue weighted by molar-refractivity contribution is 5.83. The maximum atomic E-state index is 6.15. The van der Waals surface area contributed by atoms with E-state index in [2.05, 4.69) is 76.1 Å². The van der Waals surface area contributed by atoms with Gasteiger partial charge in [0.05, 0.1) is 11.6 Å². The van der Waals surface area contributed by atoms with Crippen LogP contribution in [0.15, 0.2) is 65.8 Å². The number of rotatable bonds is 5. The normalized spacial score (nSPS) is 19.6. The van der Waals surface area contributed by atoms with Crippen LogP contribution >= 0.6 is 0 Å². The molecule has 1 aliphatic heterocycles. The second-order valence-electron chi connectivity index (χ2n) is 7.90. The molecule has 4 rings (SSSR count). The predicted molar refractivity (Wildman–Crippen MR) is 123 cm³/mol. The first kappa shape index (κ1) is 20.4. The predicted octanol–water partition coefficient (Wildman–Crippen LogP) is 4.38. The zero-order valence-electron chi connectivity index (χ0n) is 17.8. The molecule has 2 unspecified atom stereocenters. The smallest absolute Gasteiger partial charge is 0.191 e. The molecule has 2 heterocycles. The molecule has 0 bridgehead atoms. The molecule has 0 amide bonds. The summed E-state index contributed by atoms with van der Waals surface area (Å²) >= 11 is 0. The van der Waals surface area contributed by atoms with Gasteiger partial charge in [0.25, 0.3) is 0 Å². The van der Waals surface area contributed by atoms with Gasteiger partial charge in [-0.1, -0.05) is 54.1 Å². The van der Waals surface area contributed by atoms with Crippen LogP contribution in [0.1, 0.15) is 35.6 Å². The summed E-state index contributed by atoms with van der Waals surface area (Å²) in [4.78, 5) is 8.95. The number of benzene rings is 2. The van der Waals surface area contributed by atoms with Crippen LogP contribution in [0.4, 0.5) is 0 Å². The Morgan fingerprint density at radius 3 is 2.77 bits per heavy atom. The Bertz CT molecular complexity index is 994. The lowest BCUT2D eigenvalue weighted by molar-refractivity contribution is -0.0265. The first-order valence-electron chi connectivity index (χ1n) is 10.7. The summed E-state index contributed by atoms with van der Waals surface area (Å²) in [5.74, 6) is 1.22. The molecule has 1 fully saturated rings.